The lowest BCUT2D eigenvalue weighted by Gasteiger charge is -2.52. The highest BCUT2D eigenvalue weighted by Gasteiger charge is 2.55. The number of phenols is 1. The largest absolute Gasteiger partial charge is 0.504 e. The summed E-state index contributed by atoms with van der Waals surface area (Å²) >= 11 is 0. The van der Waals surface area contributed by atoms with E-state index in [-0.39, 0.29) is 28.6 Å². The van der Waals surface area contributed by atoms with Crippen LogP contribution in [0.15, 0.2) is 12.1 Å². The van der Waals surface area contributed by atoms with Crippen molar-refractivity contribution in [2.45, 2.75) is 45.4 Å². The van der Waals surface area contributed by atoms with Gasteiger partial charge in [-0.1, -0.05) is 26.8 Å². The second-order valence-corrected chi connectivity index (χ2v) is 7.28. The van der Waals surface area contributed by atoms with E-state index in [1.165, 1.54) is 7.11 Å². The van der Waals surface area contributed by atoms with Gasteiger partial charge in [0, 0.05) is 18.3 Å². The average molecular weight is 302 g/mol. The average Bonchev–Trinajstić information content (AvgIpc) is 2.47. The molecular formula is C18H22O4. The van der Waals surface area contributed by atoms with Gasteiger partial charge in [0.1, 0.15) is 5.78 Å². The Balaban J connectivity index is 2.23. The molecule has 2 aliphatic rings. The third-order valence-electron chi connectivity index (χ3n) is 5.87. The van der Waals surface area contributed by atoms with Gasteiger partial charge in [-0.2, -0.15) is 0 Å². The fourth-order valence-corrected chi connectivity index (χ4v) is 4.45. The zero-order chi connectivity index (χ0) is 16.3. The van der Waals surface area contributed by atoms with Crippen molar-refractivity contribution in [2.75, 3.05) is 7.11 Å². The van der Waals surface area contributed by atoms with Crippen LogP contribution >= 0.6 is 0 Å². The Labute approximate surface area is 130 Å². The van der Waals surface area contributed by atoms with E-state index in [2.05, 4.69) is 6.92 Å². The van der Waals surface area contributed by atoms with Crippen LogP contribution in [0.25, 0.3) is 0 Å². The first-order chi connectivity index (χ1) is 10.2. The van der Waals surface area contributed by atoms with Gasteiger partial charge >= 0.3 is 0 Å². The SMILES string of the molecule is COc1ccc2c(c1O)C(=O)CC1C(C)(C)C(=O)CC[C@]21C. The van der Waals surface area contributed by atoms with Crippen LogP contribution in [0.1, 0.15) is 56.0 Å². The van der Waals surface area contributed by atoms with Crippen LogP contribution in [-0.2, 0) is 10.2 Å². The second-order valence-electron chi connectivity index (χ2n) is 7.28. The molecule has 0 aliphatic heterocycles. The minimum Gasteiger partial charge on any atom is -0.504 e. The quantitative estimate of drug-likeness (QED) is 0.865. The third-order valence-corrected chi connectivity index (χ3v) is 5.87. The molecule has 0 bridgehead atoms. The van der Waals surface area contributed by atoms with Gasteiger partial charge in [-0.25, -0.2) is 0 Å². The Morgan fingerprint density at radius 3 is 2.55 bits per heavy atom. The van der Waals surface area contributed by atoms with E-state index in [1.807, 2.05) is 19.9 Å². The smallest absolute Gasteiger partial charge is 0.168 e. The molecule has 0 radical (unpaired) electrons. The van der Waals surface area contributed by atoms with Crippen molar-refractivity contribution in [3.05, 3.63) is 23.3 Å². The summed E-state index contributed by atoms with van der Waals surface area (Å²) in [5, 5.41) is 10.4. The van der Waals surface area contributed by atoms with E-state index < -0.39 is 5.41 Å². The molecule has 0 heterocycles. The van der Waals surface area contributed by atoms with Crippen LogP contribution in [0.4, 0.5) is 0 Å². The third kappa shape index (κ3) is 1.76. The molecule has 0 amide bonds. The summed E-state index contributed by atoms with van der Waals surface area (Å²) in [7, 11) is 1.47. The Morgan fingerprint density at radius 2 is 1.91 bits per heavy atom. The molecule has 2 atom stereocenters. The van der Waals surface area contributed by atoms with Crippen molar-refractivity contribution in [3.63, 3.8) is 0 Å². The molecule has 0 saturated heterocycles. The standard InChI is InChI=1S/C18H22O4/c1-17(2)13-9-11(19)15-10(5-6-12(22-4)16(15)21)18(13,3)8-7-14(17)20/h5-6,13,21H,7-9H2,1-4H3/t13?,18-/m1/s1. The maximum Gasteiger partial charge on any atom is 0.168 e. The number of rotatable bonds is 1. The molecular weight excluding hydrogens is 280 g/mol. The van der Waals surface area contributed by atoms with E-state index in [4.69, 9.17) is 4.74 Å². The predicted octanol–water partition coefficient (Wildman–Crippen LogP) is 3.25. The number of hydrogen-bond donors (Lipinski definition) is 1. The number of phenolic OH excluding ortho intramolecular Hbond substituents is 1. The highest BCUT2D eigenvalue weighted by Crippen LogP contribution is 2.57. The zero-order valence-corrected chi connectivity index (χ0v) is 13.5. The number of fused-ring (bicyclic) bond motifs is 3. The van der Waals surface area contributed by atoms with Gasteiger partial charge < -0.3 is 9.84 Å². The number of ketones is 2. The highest BCUT2D eigenvalue weighted by atomic mass is 16.5. The van der Waals surface area contributed by atoms with Gasteiger partial charge in [-0.15, -0.1) is 0 Å². The van der Waals surface area contributed by atoms with Gasteiger partial charge in [-0.3, -0.25) is 9.59 Å². The number of Topliss-reactive ketones (excluding diaryl/α,β-unsaturated/α-hetero) is 2. The summed E-state index contributed by atoms with van der Waals surface area (Å²) < 4.78 is 5.13. The summed E-state index contributed by atoms with van der Waals surface area (Å²) in [6.45, 7) is 6.00. The fourth-order valence-electron chi connectivity index (χ4n) is 4.45. The molecule has 1 N–H and O–H groups in total. The van der Waals surface area contributed by atoms with Crippen LogP contribution in [0, 0.1) is 11.3 Å². The summed E-state index contributed by atoms with van der Waals surface area (Å²) in [5.74, 6) is 0.342. The van der Waals surface area contributed by atoms with Crippen LogP contribution in [0.3, 0.4) is 0 Å². The summed E-state index contributed by atoms with van der Waals surface area (Å²) in [6, 6.07) is 3.59. The molecule has 3 rings (SSSR count). The van der Waals surface area contributed by atoms with Crippen molar-refractivity contribution in [1.29, 1.82) is 0 Å². The topological polar surface area (TPSA) is 63.6 Å². The first kappa shape index (κ1) is 15.1. The fraction of sp³-hybridized carbons (Fsp3) is 0.556. The number of aromatic hydroxyl groups is 1. The number of carbonyl (C=O) groups excluding carboxylic acids is 2. The monoisotopic (exact) mass is 302 g/mol. The number of methoxy groups -OCH3 is 1. The first-order valence-corrected chi connectivity index (χ1v) is 7.70. The van der Waals surface area contributed by atoms with Gasteiger partial charge in [0.05, 0.1) is 12.7 Å². The van der Waals surface area contributed by atoms with Crippen molar-refractivity contribution in [3.8, 4) is 11.5 Å². The number of carbonyl (C=O) groups is 2. The molecule has 4 nitrogen and oxygen atoms in total. The lowest BCUT2D eigenvalue weighted by Crippen LogP contribution is -2.53. The maximum absolute atomic E-state index is 12.6. The van der Waals surface area contributed by atoms with E-state index in [0.29, 0.717) is 30.6 Å². The zero-order valence-electron chi connectivity index (χ0n) is 13.5. The van der Waals surface area contributed by atoms with E-state index in [1.54, 1.807) is 6.07 Å². The molecule has 22 heavy (non-hydrogen) atoms. The predicted molar refractivity (Wildman–Crippen MR) is 82.5 cm³/mol. The van der Waals surface area contributed by atoms with Crippen molar-refractivity contribution >= 4 is 11.6 Å². The summed E-state index contributed by atoms with van der Waals surface area (Å²) in [6.07, 6.45) is 1.52. The number of benzene rings is 1. The molecule has 2 aliphatic carbocycles. The normalized spacial score (nSPS) is 29.7. The highest BCUT2D eigenvalue weighted by molar-refractivity contribution is 6.03. The molecule has 1 unspecified atom stereocenters. The van der Waals surface area contributed by atoms with E-state index in [9.17, 15) is 14.7 Å². The van der Waals surface area contributed by atoms with Crippen LogP contribution in [0.2, 0.25) is 0 Å². The molecule has 1 fully saturated rings. The van der Waals surface area contributed by atoms with Crippen molar-refractivity contribution < 1.29 is 19.4 Å². The molecule has 1 saturated carbocycles. The van der Waals surface area contributed by atoms with E-state index in [0.717, 1.165) is 5.56 Å². The van der Waals surface area contributed by atoms with E-state index >= 15 is 0 Å². The van der Waals surface area contributed by atoms with Crippen LogP contribution < -0.4 is 4.74 Å². The summed E-state index contributed by atoms with van der Waals surface area (Å²) in [5.41, 5.74) is 0.441. The summed E-state index contributed by atoms with van der Waals surface area (Å²) in [4.78, 5) is 25.0. The Hall–Kier alpha value is -1.84. The molecule has 0 spiro atoms. The molecule has 1 aromatic carbocycles. The maximum atomic E-state index is 12.6. The molecule has 118 valence electrons. The first-order valence-electron chi connectivity index (χ1n) is 7.70. The number of hydrogen-bond acceptors (Lipinski definition) is 4. The number of ether oxygens (including phenoxy) is 1. The molecule has 4 heteroatoms. The Bertz CT molecular complexity index is 674. The minimum atomic E-state index is -0.518. The van der Waals surface area contributed by atoms with Crippen molar-refractivity contribution in [2.24, 2.45) is 11.3 Å². The lowest BCUT2D eigenvalue weighted by atomic mass is 9.49. The minimum absolute atomic E-state index is 0.0333. The van der Waals surface area contributed by atoms with Crippen LogP contribution in [-0.4, -0.2) is 23.8 Å². The Morgan fingerprint density at radius 1 is 1.23 bits per heavy atom. The second kappa shape index (κ2) is 4.58. The van der Waals surface area contributed by atoms with Crippen molar-refractivity contribution in [1.82, 2.24) is 0 Å². The van der Waals surface area contributed by atoms with Gasteiger partial charge in [0.15, 0.2) is 17.3 Å². The van der Waals surface area contributed by atoms with Gasteiger partial charge in [-0.05, 0) is 29.4 Å². The molecule has 0 aromatic heterocycles. The van der Waals surface area contributed by atoms with Gasteiger partial charge in [0.25, 0.3) is 0 Å². The Kier molecular flexibility index (Phi) is 3.13. The van der Waals surface area contributed by atoms with Crippen LogP contribution in [0.5, 0.6) is 11.5 Å². The lowest BCUT2D eigenvalue weighted by molar-refractivity contribution is -0.136. The van der Waals surface area contributed by atoms with Gasteiger partial charge in [0.2, 0.25) is 0 Å². The molecule has 1 aromatic rings.